The lowest BCUT2D eigenvalue weighted by Gasteiger charge is -2.02. The minimum absolute atomic E-state index is 0.164. The van der Waals surface area contributed by atoms with Crippen molar-refractivity contribution in [2.75, 3.05) is 6.61 Å². The molecule has 0 aliphatic rings. The van der Waals surface area contributed by atoms with E-state index in [0.29, 0.717) is 6.61 Å². The highest BCUT2D eigenvalue weighted by Crippen LogP contribution is 2.09. The van der Waals surface area contributed by atoms with Gasteiger partial charge in [0, 0.05) is 6.92 Å². The number of carbonyl (C=O) groups excluding carboxylic acids is 1. The van der Waals surface area contributed by atoms with Crippen molar-refractivity contribution in [1.29, 1.82) is 0 Å². The maximum atomic E-state index is 10.5. The first-order valence-corrected chi connectivity index (χ1v) is 8.22. The van der Waals surface area contributed by atoms with Crippen LogP contribution in [0.15, 0.2) is 24.3 Å². The van der Waals surface area contributed by atoms with E-state index in [2.05, 4.69) is 31.2 Å². The zero-order valence-electron chi connectivity index (χ0n) is 13.4. The molecule has 0 amide bonds. The van der Waals surface area contributed by atoms with Crippen molar-refractivity contribution >= 4 is 5.97 Å². The predicted octanol–water partition coefficient (Wildman–Crippen LogP) is 5.58. The van der Waals surface area contributed by atoms with Crippen LogP contribution in [0.25, 0.3) is 0 Å². The van der Waals surface area contributed by atoms with Gasteiger partial charge < -0.3 is 4.74 Å². The third kappa shape index (κ3) is 16.9. The van der Waals surface area contributed by atoms with Gasteiger partial charge in [0.25, 0.3) is 0 Å². The molecule has 0 bridgehead atoms. The van der Waals surface area contributed by atoms with Gasteiger partial charge >= 0.3 is 5.97 Å². The van der Waals surface area contributed by atoms with Crippen molar-refractivity contribution in [1.82, 2.24) is 0 Å². The highest BCUT2D eigenvalue weighted by atomic mass is 16.5. The number of unbranched alkanes of at least 4 members (excludes halogenated alkanes) is 8. The van der Waals surface area contributed by atoms with Gasteiger partial charge in [0.05, 0.1) is 6.61 Å². The minimum atomic E-state index is -0.164. The first-order chi connectivity index (χ1) is 9.77. The van der Waals surface area contributed by atoms with Crippen LogP contribution in [0.4, 0.5) is 0 Å². The first kappa shape index (κ1) is 18.9. The highest BCUT2D eigenvalue weighted by Gasteiger charge is 1.94. The lowest BCUT2D eigenvalue weighted by Crippen LogP contribution is -1.99. The number of ether oxygens (including phenoxy) is 1. The molecule has 20 heavy (non-hydrogen) atoms. The van der Waals surface area contributed by atoms with E-state index in [1.165, 1.54) is 64.7 Å². The Morgan fingerprint density at radius 1 is 0.850 bits per heavy atom. The highest BCUT2D eigenvalue weighted by molar-refractivity contribution is 5.65. The van der Waals surface area contributed by atoms with Crippen LogP contribution in [0.3, 0.4) is 0 Å². The van der Waals surface area contributed by atoms with Gasteiger partial charge in [0.15, 0.2) is 0 Å². The summed E-state index contributed by atoms with van der Waals surface area (Å²) < 4.78 is 4.90. The van der Waals surface area contributed by atoms with E-state index in [1.54, 1.807) is 0 Å². The number of carbonyl (C=O) groups is 1. The lowest BCUT2D eigenvalue weighted by atomic mass is 10.1. The molecule has 0 unspecified atom stereocenters. The summed E-state index contributed by atoms with van der Waals surface area (Å²) in [5.74, 6) is -0.164. The standard InChI is InChI=1S/C18H32O2/c1-3-4-5-6-7-8-9-10-11-12-13-14-15-16-17-20-18(2)19/h5-8H,3-4,9-17H2,1-2H3/b6-5?,8-7+. The summed E-state index contributed by atoms with van der Waals surface area (Å²) in [5, 5.41) is 0. The van der Waals surface area contributed by atoms with Gasteiger partial charge in [-0.15, -0.1) is 0 Å². The Kier molecular flexibility index (Phi) is 15.2. The molecule has 0 radical (unpaired) electrons. The van der Waals surface area contributed by atoms with Crippen LogP contribution in [-0.2, 0) is 9.53 Å². The molecule has 0 saturated heterocycles. The molecule has 2 nitrogen and oxygen atoms in total. The molecule has 0 aromatic heterocycles. The summed E-state index contributed by atoms with van der Waals surface area (Å²) in [6.45, 7) is 4.25. The number of hydrogen-bond donors (Lipinski definition) is 0. The molecule has 0 saturated carbocycles. The number of allylic oxidation sites excluding steroid dienone is 4. The van der Waals surface area contributed by atoms with Crippen LogP contribution < -0.4 is 0 Å². The van der Waals surface area contributed by atoms with Crippen molar-refractivity contribution in [3.8, 4) is 0 Å². The molecule has 0 spiro atoms. The third-order valence-electron chi connectivity index (χ3n) is 3.16. The van der Waals surface area contributed by atoms with Crippen LogP contribution in [0.5, 0.6) is 0 Å². The largest absolute Gasteiger partial charge is 0.466 e. The van der Waals surface area contributed by atoms with Crippen LogP contribution in [0.1, 0.15) is 78.1 Å². The fraction of sp³-hybridized carbons (Fsp3) is 0.722. The second-order valence-corrected chi connectivity index (χ2v) is 5.25. The topological polar surface area (TPSA) is 26.3 Å². The van der Waals surface area contributed by atoms with Gasteiger partial charge in [-0.05, 0) is 25.7 Å². The second kappa shape index (κ2) is 16.0. The summed E-state index contributed by atoms with van der Waals surface area (Å²) in [5.41, 5.74) is 0. The number of rotatable bonds is 13. The molecule has 0 atom stereocenters. The van der Waals surface area contributed by atoms with Crippen LogP contribution >= 0.6 is 0 Å². The van der Waals surface area contributed by atoms with E-state index in [4.69, 9.17) is 4.74 Å². The molecular formula is C18H32O2. The fourth-order valence-corrected chi connectivity index (χ4v) is 1.98. The number of esters is 1. The smallest absolute Gasteiger partial charge is 0.302 e. The van der Waals surface area contributed by atoms with E-state index in [9.17, 15) is 4.79 Å². The van der Waals surface area contributed by atoms with E-state index in [1.807, 2.05) is 0 Å². The van der Waals surface area contributed by atoms with E-state index in [-0.39, 0.29) is 5.97 Å². The Hall–Kier alpha value is -1.05. The molecule has 0 N–H and O–H groups in total. The molecule has 0 heterocycles. The fourth-order valence-electron chi connectivity index (χ4n) is 1.98. The van der Waals surface area contributed by atoms with Gasteiger partial charge in [0.1, 0.15) is 0 Å². The van der Waals surface area contributed by atoms with Gasteiger partial charge in [-0.1, -0.05) is 69.8 Å². The average Bonchev–Trinajstić information content (AvgIpc) is 2.43. The van der Waals surface area contributed by atoms with Gasteiger partial charge in [-0.3, -0.25) is 4.79 Å². The van der Waals surface area contributed by atoms with Crippen molar-refractivity contribution < 1.29 is 9.53 Å². The molecule has 2 heteroatoms. The zero-order chi connectivity index (χ0) is 14.9. The lowest BCUT2D eigenvalue weighted by molar-refractivity contribution is -0.141. The monoisotopic (exact) mass is 280 g/mol. The molecule has 0 rings (SSSR count). The average molecular weight is 280 g/mol. The van der Waals surface area contributed by atoms with Crippen molar-refractivity contribution in [3.05, 3.63) is 24.3 Å². The molecule has 0 aromatic rings. The van der Waals surface area contributed by atoms with Crippen molar-refractivity contribution in [3.63, 3.8) is 0 Å². The predicted molar refractivity (Wildman–Crippen MR) is 86.8 cm³/mol. The molecule has 116 valence electrons. The van der Waals surface area contributed by atoms with Gasteiger partial charge in [0.2, 0.25) is 0 Å². The molecule has 0 aliphatic heterocycles. The SMILES string of the molecule is CCCC=C/C=C/CCCCCCCCCOC(C)=O. The van der Waals surface area contributed by atoms with Gasteiger partial charge in [-0.2, -0.15) is 0 Å². The molecular weight excluding hydrogens is 248 g/mol. The van der Waals surface area contributed by atoms with Crippen molar-refractivity contribution in [2.24, 2.45) is 0 Å². The quantitative estimate of drug-likeness (QED) is 0.250. The van der Waals surface area contributed by atoms with E-state index in [0.717, 1.165) is 6.42 Å². The first-order valence-electron chi connectivity index (χ1n) is 8.22. The molecule has 0 fully saturated rings. The molecule has 0 aliphatic carbocycles. The minimum Gasteiger partial charge on any atom is -0.466 e. The number of hydrogen-bond acceptors (Lipinski definition) is 2. The zero-order valence-corrected chi connectivity index (χ0v) is 13.4. The van der Waals surface area contributed by atoms with Crippen LogP contribution in [-0.4, -0.2) is 12.6 Å². The molecule has 0 aromatic carbocycles. The van der Waals surface area contributed by atoms with Crippen LogP contribution in [0, 0.1) is 0 Å². The maximum absolute atomic E-state index is 10.5. The van der Waals surface area contributed by atoms with Crippen molar-refractivity contribution in [2.45, 2.75) is 78.1 Å². The third-order valence-corrected chi connectivity index (χ3v) is 3.16. The van der Waals surface area contributed by atoms with Gasteiger partial charge in [-0.25, -0.2) is 0 Å². The normalized spacial score (nSPS) is 11.5. The summed E-state index contributed by atoms with van der Waals surface area (Å²) in [4.78, 5) is 10.5. The Morgan fingerprint density at radius 2 is 1.40 bits per heavy atom. The Bertz CT molecular complexity index is 267. The van der Waals surface area contributed by atoms with E-state index >= 15 is 0 Å². The Labute approximate surface area is 125 Å². The van der Waals surface area contributed by atoms with E-state index < -0.39 is 0 Å². The summed E-state index contributed by atoms with van der Waals surface area (Å²) >= 11 is 0. The summed E-state index contributed by atoms with van der Waals surface area (Å²) in [6.07, 6.45) is 21.1. The Balaban J connectivity index is 3.11. The summed E-state index contributed by atoms with van der Waals surface area (Å²) in [7, 11) is 0. The van der Waals surface area contributed by atoms with Crippen LogP contribution in [0.2, 0.25) is 0 Å². The maximum Gasteiger partial charge on any atom is 0.302 e. The summed E-state index contributed by atoms with van der Waals surface area (Å²) in [6, 6.07) is 0. The second-order valence-electron chi connectivity index (χ2n) is 5.25. The Morgan fingerprint density at radius 3 is 2.00 bits per heavy atom.